The minimum atomic E-state index is -3.40. The van der Waals surface area contributed by atoms with Gasteiger partial charge in [0.05, 0.1) is 0 Å². The predicted octanol–water partition coefficient (Wildman–Crippen LogP) is 2.14. The summed E-state index contributed by atoms with van der Waals surface area (Å²) in [6.07, 6.45) is 6.29. The predicted molar refractivity (Wildman–Crippen MR) is 66.9 cm³/mol. The molecule has 0 aliphatic rings. The van der Waals surface area contributed by atoms with Gasteiger partial charge in [0.15, 0.2) is 0 Å². The molecule has 0 bridgehead atoms. The number of nitrogens with one attached hydrogen (secondary N) is 1. The van der Waals surface area contributed by atoms with Crippen LogP contribution >= 0.6 is 11.3 Å². The maximum atomic E-state index is 11.9. The molecular formula is C11H15NO2S2. The molecular weight excluding hydrogens is 242 g/mol. The molecule has 0 saturated heterocycles. The highest BCUT2D eigenvalue weighted by atomic mass is 32.2. The SMILES string of the molecule is C#CCC(CC)NS(=O)(=O)c1ccc(C)s1. The van der Waals surface area contributed by atoms with Gasteiger partial charge in [-0.15, -0.1) is 23.7 Å². The normalized spacial score (nSPS) is 13.3. The Morgan fingerprint density at radius 3 is 2.69 bits per heavy atom. The molecule has 16 heavy (non-hydrogen) atoms. The van der Waals surface area contributed by atoms with Gasteiger partial charge < -0.3 is 0 Å². The highest BCUT2D eigenvalue weighted by Gasteiger charge is 2.19. The van der Waals surface area contributed by atoms with Gasteiger partial charge in [0, 0.05) is 17.3 Å². The molecule has 0 aromatic carbocycles. The molecule has 1 heterocycles. The first-order valence-electron chi connectivity index (χ1n) is 5.02. The summed E-state index contributed by atoms with van der Waals surface area (Å²) in [6, 6.07) is 3.23. The van der Waals surface area contributed by atoms with Crippen molar-refractivity contribution in [2.75, 3.05) is 0 Å². The lowest BCUT2D eigenvalue weighted by atomic mass is 10.2. The fourth-order valence-corrected chi connectivity index (χ4v) is 3.86. The molecule has 0 amide bonds. The third-order valence-corrected chi connectivity index (χ3v) is 5.17. The van der Waals surface area contributed by atoms with E-state index in [9.17, 15) is 8.42 Å². The van der Waals surface area contributed by atoms with E-state index in [0.717, 1.165) is 4.88 Å². The number of aryl methyl sites for hydroxylation is 1. The third kappa shape index (κ3) is 3.34. The lowest BCUT2D eigenvalue weighted by Gasteiger charge is -2.13. The molecule has 1 aromatic heterocycles. The monoisotopic (exact) mass is 257 g/mol. The Balaban J connectivity index is 2.83. The second-order valence-electron chi connectivity index (χ2n) is 3.50. The molecule has 0 radical (unpaired) electrons. The molecule has 0 aliphatic heterocycles. The number of rotatable bonds is 5. The summed E-state index contributed by atoms with van der Waals surface area (Å²) in [5.74, 6) is 2.47. The number of hydrogen-bond donors (Lipinski definition) is 1. The van der Waals surface area contributed by atoms with Gasteiger partial charge in [0.1, 0.15) is 4.21 Å². The van der Waals surface area contributed by atoms with Crippen molar-refractivity contribution >= 4 is 21.4 Å². The summed E-state index contributed by atoms with van der Waals surface area (Å²) in [6.45, 7) is 3.78. The van der Waals surface area contributed by atoms with Crippen LogP contribution in [0.3, 0.4) is 0 Å². The molecule has 0 spiro atoms. The van der Waals surface area contributed by atoms with E-state index < -0.39 is 10.0 Å². The van der Waals surface area contributed by atoms with Gasteiger partial charge in [0.2, 0.25) is 10.0 Å². The van der Waals surface area contributed by atoms with Gasteiger partial charge in [0.25, 0.3) is 0 Å². The van der Waals surface area contributed by atoms with Gasteiger partial charge >= 0.3 is 0 Å². The fourth-order valence-electron chi connectivity index (χ4n) is 1.25. The maximum Gasteiger partial charge on any atom is 0.250 e. The minimum Gasteiger partial charge on any atom is -0.206 e. The van der Waals surface area contributed by atoms with Crippen molar-refractivity contribution in [1.82, 2.24) is 4.72 Å². The third-order valence-electron chi connectivity index (χ3n) is 2.16. The average Bonchev–Trinajstić information content (AvgIpc) is 2.64. The lowest BCUT2D eigenvalue weighted by molar-refractivity contribution is 0.546. The maximum absolute atomic E-state index is 11.9. The van der Waals surface area contributed by atoms with E-state index >= 15 is 0 Å². The minimum absolute atomic E-state index is 0.183. The summed E-state index contributed by atoms with van der Waals surface area (Å²) in [7, 11) is -3.40. The Hall–Kier alpha value is -0.830. The summed E-state index contributed by atoms with van der Waals surface area (Å²) in [5, 5.41) is 0. The Kier molecular flexibility index (Phi) is 4.54. The number of thiophene rings is 1. The van der Waals surface area contributed by atoms with Crippen LogP contribution in [-0.4, -0.2) is 14.5 Å². The average molecular weight is 257 g/mol. The molecule has 1 unspecified atom stereocenters. The Bertz CT molecular complexity index is 482. The first-order valence-corrected chi connectivity index (χ1v) is 7.31. The standard InChI is InChI=1S/C11H15NO2S2/c1-4-6-10(5-2)12-16(13,14)11-8-7-9(3)15-11/h1,7-8,10,12H,5-6H2,2-3H3. The van der Waals surface area contributed by atoms with Gasteiger partial charge in [-0.05, 0) is 25.5 Å². The molecule has 1 atom stereocenters. The van der Waals surface area contributed by atoms with Crippen LogP contribution in [0.5, 0.6) is 0 Å². The van der Waals surface area contributed by atoms with Crippen LogP contribution in [0.2, 0.25) is 0 Å². The van der Waals surface area contributed by atoms with Crippen LogP contribution in [0.25, 0.3) is 0 Å². The highest BCUT2D eigenvalue weighted by Crippen LogP contribution is 2.21. The van der Waals surface area contributed by atoms with E-state index in [1.54, 1.807) is 12.1 Å². The summed E-state index contributed by atoms with van der Waals surface area (Å²) in [4.78, 5) is 0.977. The highest BCUT2D eigenvalue weighted by molar-refractivity contribution is 7.91. The van der Waals surface area contributed by atoms with Crippen molar-refractivity contribution in [2.24, 2.45) is 0 Å². The summed E-state index contributed by atoms with van der Waals surface area (Å²) in [5.41, 5.74) is 0. The molecule has 1 rings (SSSR count). The van der Waals surface area contributed by atoms with Crippen molar-refractivity contribution in [3.05, 3.63) is 17.0 Å². The van der Waals surface area contributed by atoms with Gasteiger partial charge in [-0.25, -0.2) is 13.1 Å². The molecule has 5 heteroatoms. The molecule has 1 N–H and O–H groups in total. The van der Waals surface area contributed by atoms with E-state index in [-0.39, 0.29) is 6.04 Å². The van der Waals surface area contributed by atoms with Crippen molar-refractivity contribution < 1.29 is 8.42 Å². The zero-order valence-corrected chi connectivity index (χ0v) is 11.0. The fraction of sp³-hybridized carbons (Fsp3) is 0.455. The summed E-state index contributed by atoms with van der Waals surface area (Å²) >= 11 is 1.26. The topological polar surface area (TPSA) is 46.2 Å². The van der Waals surface area contributed by atoms with Crippen molar-refractivity contribution in [3.63, 3.8) is 0 Å². The van der Waals surface area contributed by atoms with Gasteiger partial charge in [-0.1, -0.05) is 6.92 Å². The van der Waals surface area contributed by atoms with Crippen LogP contribution < -0.4 is 4.72 Å². The van der Waals surface area contributed by atoms with Crippen molar-refractivity contribution in [2.45, 2.75) is 36.9 Å². The van der Waals surface area contributed by atoms with Crippen LogP contribution in [-0.2, 0) is 10.0 Å². The zero-order valence-electron chi connectivity index (χ0n) is 9.36. The number of terminal acetylenes is 1. The molecule has 88 valence electrons. The largest absolute Gasteiger partial charge is 0.250 e. The van der Waals surface area contributed by atoms with E-state index in [4.69, 9.17) is 6.42 Å². The zero-order chi connectivity index (χ0) is 12.2. The molecule has 3 nitrogen and oxygen atoms in total. The molecule has 0 fully saturated rings. The smallest absolute Gasteiger partial charge is 0.206 e. The van der Waals surface area contributed by atoms with E-state index in [1.807, 2.05) is 13.8 Å². The van der Waals surface area contributed by atoms with Crippen molar-refractivity contribution in [3.8, 4) is 12.3 Å². The Morgan fingerprint density at radius 2 is 2.25 bits per heavy atom. The number of sulfonamides is 1. The van der Waals surface area contributed by atoms with Crippen LogP contribution in [0.15, 0.2) is 16.3 Å². The first kappa shape index (κ1) is 13.2. The van der Waals surface area contributed by atoms with E-state index in [0.29, 0.717) is 17.1 Å². The van der Waals surface area contributed by atoms with E-state index in [1.165, 1.54) is 11.3 Å². The lowest BCUT2D eigenvalue weighted by Crippen LogP contribution is -2.33. The van der Waals surface area contributed by atoms with Crippen LogP contribution in [0.1, 0.15) is 24.6 Å². The van der Waals surface area contributed by atoms with Crippen molar-refractivity contribution in [1.29, 1.82) is 0 Å². The Labute approximate surface area is 101 Å². The molecule has 0 aliphatic carbocycles. The quantitative estimate of drug-likeness (QED) is 0.821. The summed E-state index contributed by atoms with van der Waals surface area (Å²) < 4.78 is 26.8. The number of hydrogen-bond acceptors (Lipinski definition) is 3. The Morgan fingerprint density at radius 1 is 1.56 bits per heavy atom. The van der Waals surface area contributed by atoms with Gasteiger partial charge in [-0.3, -0.25) is 0 Å². The second-order valence-corrected chi connectivity index (χ2v) is 6.73. The van der Waals surface area contributed by atoms with Crippen LogP contribution in [0, 0.1) is 19.3 Å². The first-order chi connectivity index (χ1) is 7.49. The molecule has 1 aromatic rings. The molecule has 0 saturated carbocycles. The van der Waals surface area contributed by atoms with Gasteiger partial charge in [-0.2, -0.15) is 0 Å². The van der Waals surface area contributed by atoms with E-state index in [2.05, 4.69) is 10.6 Å². The van der Waals surface area contributed by atoms with Crippen LogP contribution in [0.4, 0.5) is 0 Å². The second kappa shape index (κ2) is 5.48.